The van der Waals surface area contributed by atoms with Crippen LogP contribution < -0.4 is 4.74 Å². The number of carboxylic acid groups (broad SMARTS) is 1. The van der Waals surface area contributed by atoms with Crippen molar-refractivity contribution in [2.24, 2.45) is 0 Å². The van der Waals surface area contributed by atoms with Gasteiger partial charge < -0.3 is 9.84 Å². The molecular weight excluding hydrogens is 228 g/mol. The van der Waals surface area contributed by atoms with Gasteiger partial charge in [-0.25, -0.2) is 0 Å². The highest BCUT2D eigenvalue weighted by atomic mass is 35.5. The number of hydrogen-bond donors (Lipinski definition) is 1. The van der Waals surface area contributed by atoms with Crippen LogP contribution in [0.3, 0.4) is 0 Å². The molecule has 0 fully saturated rings. The summed E-state index contributed by atoms with van der Waals surface area (Å²) in [6, 6.07) is 6.83. The lowest BCUT2D eigenvalue weighted by atomic mass is 10.1. The molecule has 4 heteroatoms. The third-order valence-corrected chi connectivity index (χ3v) is 2.59. The molecule has 88 valence electrons. The van der Waals surface area contributed by atoms with E-state index in [2.05, 4.69) is 6.92 Å². The zero-order chi connectivity index (χ0) is 12.0. The first-order valence-electron chi connectivity index (χ1n) is 5.24. The van der Waals surface area contributed by atoms with E-state index in [9.17, 15) is 4.79 Å². The standard InChI is InChI=1S/C12H15ClO3/c1-2-3-8-16-10-6-4-9(5-7-10)11(13)12(14)15/h4-7,11H,2-3,8H2,1H3,(H,14,15). The van der Waals surface area contributed by atoms with Gasteiger partial charge in [0.25, 0.3) is 0 Å². The molecule has 1 rings (SSSR count). The zero-order valence-corrected chi connectivity index (χ0v) is 9.91. The highest BCUT2D eigenvalue weighted by molar-refractivity contribution is 6.29. The maximum Gasteiger partial charge on any atom is 0.326 e. The van der Waals surface area contributed by atoms with Crippen molar-refractivity contribution < 1.29 is 14.6 Å². The van der Waals surface area contributed by atoms with Gasteiger partial charge in [0, 0.05) is 0 Å². The second-order valence-corrected chi connectivity index (χ2v) is 3.91. The van der Waals surface area contributed by atoms with Gasteiger partial charge in [-0.2, -0.15) is 0 Å². The van der Waals surface area contributed by atoms with Crippen molar-refractivity contribution in [1.82, 2.24) is 0 Å². The van der Waals surface area contributed by atoms with Gasteiger partial charge in [-0.3, -0.25) is 4.79 Å². The van der Waals surface area contributed by atoms with Crippen LogP contribution in [0.25, 0.3) is 0 Å². The predicted molar refractivity (Wildman–Crippen MR) is 63.1 cm³/mol. The highest BCUT2D eigenvalue weighted by Gasteiger charge is 2.15. The lowest BCUT2D eigenvalue weighted by molar-refractivity contribution is -0.136. The number of unbranched alkanes of at least 4 members (excludes halogenated alkanes) is 1. The molecule has 0 aliphatic heterocycles. The van der Waals surface area contributed by atoms with Crippen LogP contribution in [0.15, 0.2) is 24.3 Å². The molecule has 0 aliphatic carbocycles. The summed E-state index contributed by atoms with van der Waals surface area (Å²) < 4.78 is 5.45. The Morgan fingerprint density at radius 2 is 2.06 bits per heavy atom. The van der Waals surface area contributed by atoms with Gasteiger partial charge >= 0.3 is 5.97 Å². The number of carbonyl (C=O) groups is 1. The number of carboxylic acids is 1. The van der Waals surface area contributed by atoms with Gasteiger partial charge in [0.2, 0.25) is 0 Å². The van der Waals surface area contributed by atoms with Gasteiger partial charge in [0.15, 0.2) is 5.38 Å². The van der Waals surface area contributed by atoms with Crippen LogP contribution in [0.1, 0.15) is 30.7 Å². The van der Waals surface area contributed by atoms with E-state index in [4.69, 9.17) is 21.4 Å². The molecule has 1 N–H and O–H groups in total. The number of rotatable bonds is 6. The fourth-order valence-electron chi connectivity index (χ4n) is 1.21. The molecule has 3 nitrogen and oxygen atoms in total. The number of alkyl halides is 1. The second kappa shape index (κ2) is 6.38. The van der Waals surface area contributed by atoms with E-state index >= 15 is 0 Å². The first-order chi connectivity index (χ1) is 7.65. The lowest BCUT2D eigenvalue weighted by Crippen LogP contribution is -2.04. The van der Waals surface area contributed by atoms with E-state index in [-0.39, 0.29) is 0 Å². The molecule has 0 aromatic heterocycles. The molecule has 0 heterocycles. The SMILES string of the molecule is CCCCOc1ccc(C(Cl)C(=O)O)cc1. The summed E-state index contributed by atoms with van der Waals surface area (Å²) in [4.78, 5) is 10.6. The van der Waals surface area contributed by atoms with Crippen LogP contribution in [-0.4, -0.2) is 17.7 Å². The fraction of sp³-hybridized carbons (Fsp3) is 0.417. The van der Waals surface area contributed by atoms with E-state index in [1.165, 1.54) is 0 Å². The zero-order valence-electron chi connectivity index (χ0n) is 9.15. The normalized spacial score (nSPS) is 12.1. The summed E-state index contributed by atoms with van der Waals surface area (Å²) in [5, 5.41) is 7.72. The summed E-state index contributed by atoms with van der Waals surface area (Å²) in [6.07, 6.45) is 2.09. The van der Waals surface area contributed by atoms with Gasteiger partial charge in [0.1, 0.15) is 5.75 Å². The Hall–Kier alpha value is -1.22. The number of hydrogen-bond acceptors (Lipinski definition) is 2. The van der Waals surface area contributed by atoms with Crippen LogP contribution in [0.4, 0.5) is 0 Å². The van der Waals surface area contributed by atoms with E-state index in [0.29, 0.717) is 12.2 Å². The molecule has 1 aromatic rings. The van der Waals surface area contributed by atoms with E-state index in [1.54, 1.807) is 24.3 Å². The quantitative estimate of drug-likeness (QED) is 0.615. The van der Waals surface area contributed by atoms with E-state index < -0.39 is 11.3 Å². The third-order valence-electron chi connectivity index (χ3n) is 2.16. The van der Waals surface area contributed by atoms with Crippen LogP contribution in [-0.2, 0) is 4.79 Å². The molecule has 0 amide bonds. The predicted octanol–water partition coefficient (Wildman–Crippen LogP) is 3.23. The highest BCUT2D eigenvalue weighted by Crippen LogP contribution is 2.23. The molecule has 0 radical (unpaired) electrons. The molecule has 16 heavy (non-hydrogen) atoms. The Bertz CT molecular complexity index is 335. The minimum absolute atomic E-state index is 0.567. The lowest BCUT2D eigenvalue weighted by Gasteiger charge is -2.07. The first-order valence-corrected chi connectivity index (χ1v) is 5.68. The van der Waals surface area contributed by atoms with Gasteiger partial charge in [-0.1, -0.05) is 25.5 Å². The number of ether oxygens (including phenoxy) is 1. The monoisotopic (exact) mass is 242 g/mol. The molecule has 0 aliphatic rings. The summed E-state index contributed by atoms with van der Waals surface area (Å²) in [5.41, 5.74) is 0.567. The van der Waals surface area contributed by atoms with Gasteiger partial charge in [-0.15, -0.1) is 11.6 Å². The van der Waals surface area contributed by atoms with Crippen molar-refractivity contribution >= 4 is 17.6 Å². The van der Waals surface area contributed by atoms with Crippen molar-refractivity contribution in [1.29, 1.82) is 0 Å². The van der Waals surface area contributed by atoms with Crippen LogP contribution in [0.2, 0.25) is 0 Å². The molecule has 1 unspecified atom stereocenters. The first kappa shape index (κ1) is 12.8. The maximum absolute atomic E-state index is 10.6. The number of aliphatic carboxylic acids is 1. The molecule has 0 saturated heterocycles. The van der Waals surface area contributed by atoms with Crippen molar-refractivity contribution in [2.75, 3.05) is 6.61 Å². The fourth-order valence-corrected chi connectivity index (χ4v) is 1.36. The van der Waals surface area contributed by atoms with E-state index in [1.807, 2.05) is 0 Å². The summed E-state index contributed by atoms with van der Waals surface area (Å²) in [5.74, 6) is -0.298. The molecule has 0 saturated carbocycles. The Morgan fingerprint density at radius 3 is 2.56 bits per heavy atom. The summed E-state index contributed by atoms with van der Waals surface area (Å²) in [6.45, 7) is 2.77. The van der Waals surface area contributed by atoms with Crippen molar-refractivity contribution in [3.63, 3.8) is 0 Å². The Labute approximate surface area is 100.0 Å². The molecule has 0 bridgehead atoms. The molecule has 0 spiro atoms. The van der Waals surface area contributed by atoms with Crippen LogP contribution >= 0.6 is 11.6 Å². The van der Waals surface area contributed by atoms with Crippen LogP contribution in [0, 0.1) is 0 Å². The minimum Gasteiger partial charge on any atom is -0.494 e. The number of benzene rings is 1. The van der Waals surface area contributed by atoms with Crippen molar-refractivity contribution in [3.8, 4) is 5.75 Å². The van der Waals surface area contributed by atoms with Gasteiger partial charge in [0.05, 0.1) is 6.61 Å². The minimum atomic E-state index is -1.04. The summed E-state index contributed by atoms with van der Waals surface area (Å²) in [7, 11) is 0. The average molecular weight is 243 g/mol. The largest absolute Gasteiger partial charge is 0.494 e. The Balaban J connectivity index is 2.57. The average Bonchev–Trinajstić information content (AvgIpc) is 2.29. The molecular formula is C12H15ClO3. The topological polar surface area (TPSA) is 46.5 Å². The Kier molecular flexibility index (Phi) is 5.12. The van der Waals surface area contributed by atoms with Crippen molar-refractivity contribution in [2.45, 2.75) is 25.1 Å². The van der Waals surface area contributed by atoms with Gasteiger partial charge in [-0.05, 0) is 24.1 Å². The smallest absolute Gasteiger partial charge is 0.326 e. The molecule has 1 aromatic carbocycles. The maximum atomic E-state index is 10.6. The third kappa shape index (κ3) is 3.74. The summed E-state index contributed by atoms with van der Waals surface area (Å²) >= 11 is 5.68. The van der Waals surface area contributed by atoms with Crippen LogP contribution in [0.5, 0.6) is 5.75 Å². The Morgan fingerprint density at radius 1 is 1.44 bits per heavy atom. The second-order valence-electron chi connectivity index (χ2n) is 3.47. The van der Waals surface area contributed by atoms with E-state index in [0.717, 1.165) is 18.6 Å². The molecule has 1 atom stereocenters. The van der Waals surface area contributed by atoms with Crippen molar-refractivity contribution in [3.05, 3.63) is 29.8 Å². The number of halogens is 1.